The van der Waals surface area contributed by atoms with Gasteiger partial charge >= 0.3 is 0 Å². The zero-order chi connectivity index (χ0) is 10.2. The third-order valence-corrected chi connectivity index (χ3v) is 2.05. The largest absolute Gasteiger partial charge is 0.365 e. The van der Waals surface area contributed by atoms with Crippen LogP contribution in [0.3, 0.4) is 0 Å². The van der Waals surface area contributed by atoms with E-state index in [1.54, 1.807) is 0 Å². The molecule has 0 spiro atoms. The minimum atomic E-state index is -0.926. The average molecular weight is 189 g/mol. The summed E-state index contributed by atoms with van der Waals surface area (Å²) in [5.74, 6) is -0.926. The Bertz CT molecular complexity index is 109. The molecule has 0 heterocycles. The highest BCUT2D eigenvalue weighted by Crippen LogP contribution is 2.21. The third-order valence-electron chi connectivity index (χ3n) is 2.05. The van der Waals surface area contributed by atoms with Crippen LogP contribution >= 0.6 is 0 Å². The van der Waals surface area contributed by atoms with Crippen molar-refractivity contribution in [2.24, 2.45) is 5.73 Å². The molecule has 13 heavy (non-hydrogen) atoms. The molecule has 0 bridgehead atoms. The summed E-state index contributed by atoms with van der Waals surface area (Å²) in [6.45, 7) is 5.07. The first-order valence-electron chi connectivity index (χ1n) is 5.25. The van der Waals surface area contributed by atoms with Crippen LogP contribution in [-0.4, -0.2) is 24.0 Å². The minimum Gasteiger partial charge on any atom is -0.365 e. The lowest BCUT2D eigenvalue weighted by Gasteiger charge is -2.27. The molecular weight excluding hydrogens is 166 g/mol. The molecule has 0 saturated carbocycles. The first-order chi connectivity index (χ1) is 6.18. The van der Waals surface area contributed by atoms with Gasteiger partial charge in [0.05, 0.1) is 6.61 Å². The molecule has 1 unspecified atom stereocenters. The van der Waals surface area contributed by atoms with Gasteiger partial charge in [0.15, 0.2) is 5.79 Å². The molecule has 3 heteroatoms. The summed E-state index contributed by atoms with van der Waals surface area (Å²) in [6.07, 6.45) is 4.44. The molecule has 0 fully saturated rings. The van der Waals surface area contributed by atoms with E-state index in [0.29, 0.717) is 19.6 Å². The van der Waals surface area contributed by atoms with Crippen molar-refractivity contribution in [1.29, 1.82) is 0 Å². The smallest absolute Gasteiger partial charge is 0.165 e. The number of hydrogen-bond donors (Lipinski definition) is 2. The highest BCUT2D eigenvalue weighted by atomic mass is 16.6. The van der Waals surface area contributed by atoms with Gasteiger partial charge in [-0.1, -0.05) is 26.7 Å². The van der Waals surface area contributed by atoms with E-state index in [9.17, 15) is 5.11 Å². The summed E-state index contributed by atoms with van der Waals surface area (Å²) in [4.78, 5) is 0. The van der Waals surface area contributed by atoms with Crippen LogP contribution in [0.4, 0.5) is 0 Å². The van der Waals surface area contributed by atoms with Crippen molar-refractivity contribution < 1.29 is 9.84 Å². The van der Waals surface area contributed by atoms with E-state index in [4.69, 9.17) is 10.5 Å². The normalized spacial score (nSPS) is 15.7. The maximum Gasteiger partial charge on any atom is 0.165 e. The second-order valence-corrected chi connectivity index (χ2v) is 3.44. The number of ether oxygens (including phenoxy) is 1. The average Bonchev–Trinajstić information content (AvgIpc) is 2.12. The zero-order valence-electron chi connectivity index (χ0n) is 8.88. The van der Waals surface area contributed by atoms with E-state index in [-0.39, 0.29) is 0 Å². The van der Waals surface area contributed by atoms with Gasteiger partial charge in [0, 0.05) is 19.4 Å². The molecule has 1 atom stereocenters. The van der Waals surface area contributed by atoms with E-state index in [2.05, 4.69) is 6.92 Å². The minimum absolute atomic E-state index is 0.445. The second-order valence-electron chi connectivity index (χ2n) is 3.44. The zero-order valence-corrected chi connectivity index (χ0v) is 8.88. The van der Waals surface area contributed by atoms with Crippen LogP contribution in [-0.2, 0) is 4.74 Å². The van der Waals surface area contributed by atoms with E-state index in [0.717, 1.165) is 25.7 Å². The van der Waals surface area contributed by atoms with Gasteiger partial charge in [-0.05, 0) is 6.42 Å². The van der Waals surface area contributed by atoms with Gasteiger partial charge < -0.3 is 15.6 Å². The van der Waals surface area contributed by atoms with Gasteiger partial charge in [0.25, 0.3) is 0 Å². The monoisotopic (exact) mass is 189 g/mol. The van der Waals surface area contributed by atoms with Crippen LogP contribution in [0.25, 0.3) is 0 Å². The lowest BCUT2D eigenvalue weighted by Crippen LogP contribution is -2.34. The van der Waals surface area contributed by atoms with Crippen molar-refractivity contribution in [2.75, 3.05) is 13.2 Å². The molecule has 0 saturated heterocycles. The van der Waals surface area contributed by atoms with Gasteiger partial charge in [-0.3, -0.25) is 0 Å². The van der Waals surface area contributed by atoms with Crippen LogP contribution in [0.1, 0.15) is 46.0 Å². The SMILES string of the molecule is CCCCC(O)(CCC)OCCN. The molecule has 0 aromatic rings. The second kappa shape index (κ2) is 7.30. The molecule has 0 amide bonds. The van der Waals surface area contributed by atoms with Crippen LogP contribution in [0.2, 0.25) is 0 Å². The fraction of sp³-hybridized carbons (Fsp3) is 1.00. The van der Waals surface area contributed by atoms with Gasteiger partial charge in [-0.25, -0.2) is 0 Å². The molecule has 80 valence electrons. The topological polar surface area (TPSA) is 55.5 Å². The quantitative estimate of drug-likeness (QED) is 0.571. The fourth-order valence-corrected chi connectivity index (χ4v) is 1.36. The molecule has 0 aliphatic rings. The van der Waals surface area contributed by atoms with Crippen molar-refractivity contribution in [3.05, 3.63) is 0 Å². The van der Waals surface area contributed by atoms with Crippen molar-refractivity contribution in [1.82, 2.24) is 0 Å². The lowest BCUT2D eigenvalue weighted by molar-refractivity contribution is -0.210. The van der Waals surface area contributed by atoms with Crippen molar-refractivity contribution in [3.63, 3.8) is 0 Å². The summed E-state index contributed by atoms with van der Waals surface area (Å²) >= 11 is 0. The summed E-state index contributed by atoms with van der Waals surface area (Å²) in [6, 6.07) is 0. The molecule has 0 radical (unpaired) electrons. The van der Waals surface area contributed by atoms with Gasteiger partial charge in [-0.15, -0.1) is 0 Å². The Morgan fingerprint density at radius 2 is 1.92 bits per heavy atom. The molecule has 3 nitrogen and oxygen atoms in total. The van der Waals surface area contributed by atoms with E-state index < -0.39 is 5.79 Å². The van der Waals surface area contributed by atoms with Crippen molar-refractivity contribution in [3.8, 4) is 0 Å². The molecule has 0 aromatic carbocycles. The maximum atomic E-state index is 10.00. The third kappa shape index (κ3) is 6.02. The highest BCUT2D eigenvalue weighted by Gasteiger charge is 2.25. The van der Waals surface area contributed by atoms with Crippen LogP contribution in [0, 0.1) is 0 Å². The maximum absolute atomic E-state index is 10.00. The number of nitrogens with two attached hydrogens (primary N) is 1. The first kappa shape index (κ1) is 12.9. The van der Waals surface area contributed by atoms with E-state index >= 15 is 0 Å². The van der Waals surface area contributed by atoms with Crippen LogP contribution < -0.4 is 5.73 Å². The lowest BCUT2D eigenvalue weighted by atomic mass is 10.0. The summed E-state index contributed by atoms with van der Waals surface area (Å²) in [5.41, 5.74) is 5.32. The van der Waals surface area contributed by atoms with E-state index in [1.807, 2.05) is 6.92 Å². The molecular formula is C10H23NO2. The van der Waals surface area contributed by atoms with Crippen molar-refractivity contribution >= 4 is 0 Å². The molecule has 0 aliphatic carbocycles. The fourth-order valence-electron chi connectivity index (χ4n) is 1.36. The van der Waals surface area contributed by atoms with Crippen LogP contribution in [0.5, 0.6) is 0 Å². The summed E-state index contributed by atoms with van der Waals surface area (Å²) in [5, 5.41) is 10.00. The number of aliphatic hydroxyl groups is 1. The first-order valence-corrected chi connectivity index (χ1v) is 5.25. The van der Waals surface area contributed by atoms with Gasteiger partial charge in [-0.2, -0.15) is 0 Å². The molecule has 0 aromatic heterocycles. The van der Waals surface area contributed by atoms with Gasteiger partial charge in [0.2, 0.25) is 0 Å². The number of rotatable bonds is 8. The Morgan fingerprint density at radius 1 is 1.23 bits per heavy atom. The summed E-state index contributed by atoms with van der Waals surface area (Å²) in [7, 11) is 0. The van der Waals surface area contributed by atoms with Crippen molar-refractivity contribution in [2.45, 2.75) is 51.7 Å². The molecule has 0 aliphatic heterocycles. The van der Waals surface area contributed by atoms with Crippen LogP contribution in [0.15, 0.2) is 0 Å². The van der Waals surface area contributed by atoms with E-state index in [1.165, 1.54) is 0 Å². The van der Waals surface area contributed by atoms with Gasteiger partial charge in [0.1, 0.15) is 0 Å². The summed E-state index contributed by atoms with van der Waals surface area (Å²) < 4.78 is 5.35. The predicted octanol–water partition coefficient (Wildman–Crippen LogP) is 1.64. The predicted molar refractivity (Wildman–Crippen MR) is 54.4 cm³/mol. The Morgan fingerprint density at radius 3 is 2.38 bits per heavy atom. The molecule has 3 N–H and O–H groups in total. The molecule has 0 rings (SSSR count). The Kier molecular flexibility index (Phi) is 7.23. The Hall–Kier alpha value is -0.120. The number of hydrogen-bond acceptors (Lipinski definition) is 3. The highest BCUT2D eigenvalue weighted by molar-refractivity contribution is 4.66. The Labute approximate surface area is 81.3 Å². The Balaban J connectivity index is 3.84. The number of unbranched alkanes of at least 4 members (excludes halogenated alkanes) is 1. The standard InChI is InChI=1S/C10H23NO2/c1-3-5-7-10(12,6-4-2)13-9-8-11/h12H,3-9,11H2,1-2H3.